The molecule has 1 atom stereocenters. The topological polar surface area (TPSA) is 26.0 Å². The molecule has 21 heavy (non-hydrogen) atoms. The summed E-state index contributed by atoms with van der Waals surface area (Å²) in [6.07, 6.45) is 0.600. The first-order valence-corrected chi connectivity index (χ1v) is 7.45. The molecule has 0 saturated carbocycles. The van der Waals surface area contributed by atoms with Crippen LogP contribution in [0.15, 0.2) is 42.5 Å². The average molecular weight is 306 g/mol. The van der Waals surface area contributed by atoms with Crippen LogP contribution in [-0.2, 0) is 11.8 Å². The molecule has 112 valence electrons. The second kappa shape index (κ2) is 6.17. The molecular weight excluding hydrogens is 285 g/mol. The zero-order valence-electron chi connectivity index (χ0n) is 12.7. The van der Waals surface area contributed by atoms with E-state index in [-0.39, 0.29) is 17.3 Å². The number of rotatable bonds is 3. The van der Waals surface area contributed by atoms with Crippen LogP contribution in [0, 0.1) is 5.82 Å². The van der Waals surface area contributed by atoms with Crippen LogP contribution in [0.5, 0.6) is 0 Å². The van der Waals surface area contributed by atoms with E-state index >= 15 is 0 Å². The maximum absolute atomic E-state index is 13.9. The normalized spacial score (nSPS) is 13.2. The van der Waals surface area contributed by atoms with Gasteiger partial charge < -0.3 is 5.73 Å². The van der Waals surface area contributed by atoms with E-state index in [1.54, 1.807) is 12.1 Å². The molecule has 0 spiro atoms. The zero-order chi connectivity index (χ0) is 15.6. The van der Waals surface area contributed by atoms with Gasteiger partial charge in [-0.15, -0.1) is 0 Å². The summed E-state index contributed by atoms with van der Waals surface area (Å²) in [6.45, 7) is 6.53. The molecule has 2 aromatic rings. The Morgan fingerprint density at radius 3 is 2.24 bits per heavy atom. The van der Waals surface area contributed by atoms with Gasteiger partial charge in [-0.05, 0) is 35.1 Å². The lowest BCUT2D eigenvalue weighted by Crippen LogP contribution is -2.15. The number of nitrogens with two attached hydrogens (primary N) is 1. The third kappa shape index (κ3) is 4.05. The molecule has 2 N–H and O–H groups in total. The summed E-state index contributed by atoms with van der Waals surface area (Å²) in [4.78, 5) is 0. The predicted octanol–water partition coefficient (Wildman–Crippen LogP) is 5.02. The molecule has 0 heterocycles. The summed E-state index contributed by atoms with van der Waals surface area (Å²) in [5.74, 6) is -0.346. The lowest BCUT2D eigenvalue weighted by molar-refractivity contribution is 0.579. The van der Waals surface area contributed by atoms with Crippen molar-refractivity contribution in [1.82, 2.24) is 0 Å². The van der Waals surface area contributed by atoms with E-state index in [4.69, 9.17) is 17.3 Å². The van der Waals surface area contributed by atoms with Gasteiger partial charge in [-0.25, -0.2) is 4.39 Å². The Bertz CT molecular complexity index is 614. The van der Waals surface area contributed by atoms with Crippen molar-refractivity contribution in [2.75, 3.05) is 0 Å². The molecule has 0 aliphatic carbocycles. The average Bonchev–Trinajstić information content (AvgIpc) is 2.38. The Hall–Kier alpha value is -1.38. The van der Waals surface area contributed by atoms with Crippen LogP contribution in [0.2, 0.25) is 5.02 Å². The van der Waals surface area contributed by atoms with Crippen molar-refractivity contribution in [3.63, 3.8) is 0 Å². The van der Waals surface area contributed by atoms with Crippen molar-refractivity contribution < 1.29 is 4.39 Å². The fourth-order valence-electron chi connectivity index (χ4n) is 2.31. The predicted molar refractivity (Wildman–Crippen MR) is 87.2 cm³/mol. The van der Waals surface area contributed by atoms with Crippen molar-refractivity contribution in [2.45, 2.75) is 38.6 Å². The van der Waals surface area contributed by atoms with Gasteiger partial charge in [0, 0.05) is 16.6 Å². The number of hydrogen-bond acceptors (Lipinski definition) is 1. The molecule has 2 rings (SSSR count). The van der Waals surface area contributed by atoms with Crippen molar-refractivity contribution in [2.24, 2.45) is 5.73 Å². The summed E-state index contributed by atoms with van der Waals surface area (Å²) >= 11 is 5.76. The second-order valence-electron chi connectivity index (χ2n) is 6.42. The molecule has 0 saturated heterocycles. The summed E-state index contributed by atoms with van der Waals surface area (Å²) < 4.78 is 13.9. The quantitative estimate of drug-likeness (QED) is 0.846. The summed E-state index contributed by atoms with van der Waals surface area (Å²) in [5, 5.41) is 0.387. The number of benzene rings is 2. The van der Waals surface area contributed by atoms with Gasteiger partial charge in [0.15, 0.2) is 0 Å². The summed E-state index contributed by atoms with van der Waals surface area (Å²) in [5.41, 5.74) is 9.12. The molecule has 0 fully saturated rings. The van der Waals surface area contributed by atoms with Crippen LogP contribution in [0.25, 0.3) is 0 Å². The maximum atomic E-state index is 13.9. The SMILES string of the molecule is CC(C)(C)c1ccc(CC(N)c2ccc(Cl)cc2F)cc1. The van der Waals surface area contributed by atoms with Gasteiger partial charge in [-0.3, -0.25) is 0 Å². The van der Waals surface area contributed by atoms with Gasteiger partial charge in [-0.1, -0.05) is 62.7 Å². The molecular formula is C18H21ClFN. The second-order valence-corrected chi connectivity index (χ2v) is 6.86. The van der Waals surface area contributed by atoms with Crippen molar-refractivity contribution in [3.05, 3.63) is 70.0 Å². The van der Waals surface area contributed by atoms with E-state index in [0.717, 1.165) is 5.56 Å². The van der Waals surface area contributed by atoms with Crippen LogP contribution < -0.4 is 5.73 Å². The third-order valence-corrected chi connectivity index (χ3v) is 3.87. The highest BCUT2D eigenvalue weighted by Crippen LogP contribution is 2.25. The minimum Gasteiger partial charge on any atom is -0.324 e. The Morgan fingerprint density at radius 1 is 1.10 bits per heavy atom. The highest BCUT2D eigenvalue weighted by Gasteiger charge is 2.15. The van der Waals surface area contributed by atoms with Crippen LogP contribution in [0.1, 0.15) is 43.5 Å². The third-order valence-electron chi connectivity index (χ3n) is 3.64. The van der Waals surface area contributed by atoms with E-state index in [9.17, 15) is 4.39 Å². The minimum atomic E-state index is -0.372. The Balaban J connectivity index is 2.14. The molecule has 0 amide bonds. The van der Waals surface area contributed by atoms with Crippen molar-refractivity contribution in [3.8, 4) is 0 Å². The number of hydrogen-bond donors (Lipinski definition) is 1. The highest BCUT2D eigenvalue weighted by molar-refractivity contribution is 6.30. The van der Waals surface area contributed by atoms with Gasteiger partial charge in [0.1, 0.15) is 5.82 Å². The van der Waals surface area contributed by atoms with Crippen LogP contribution >= 0.6 is 11.6 Å². The minimum absolute atomic E-state index is 0.128. The number of halogens is 2. The van der Waals surface area contributed by atoms with Crippen molar-refractivity contribution in [1.29, 1.82) is 0 Å². The zero-order valence-corrected chi connectivity index (χ0v) is 13.4. The molecule has 0 aliphatic heterocycles. The van der Waals surface area contributed by atoms with E-state index < -0.39 is 0 Å². The molecule has 1 nitrogen and oxygen atoms in total. The van der Waals surface area contributed by atoms with E-state index in [0.29, 0.717) is 17.0 Å². The first kappa shape index (κ1) is 16.0. The largest absolute Gasteiger partial charge is 0.324 e. The van der Waals surface area contributed by atoms with Crippen LogP contribution in [0.3, 0.4) is 0 Å². The van der Waals surface area contributed by atoms with Gasteiger partial charge >= 0.3 is 0 Å². The fourth-order valence-corrected chi connectivity index (χ4v) is 2.47. The first-order chi connectivity index (χ1) is 9.77. The van der Waals surface area contributed by atoms with Gasteiger partial charge in [0.25, 0.3) is 0 Å². The van der Waals surface area contributed by atoms with Crippen LogP contribution in [-0.4, -0.2) is 0 Å². The van der Waals surface area contributed by atoms with Crippen LogP contribution in [0.4, 0.5) is 4.39 Å². The summed E-state index contributed by atoms with van der Waals surface area (Å²) in [7, 11) is 0. The van der Waals surface area contributed by atoms with E-state index in [1.165, 1.54) is 11.6 Å². The maximum Gasteiger partial charge on any atom is 0.129 e. The Morgan fingerprint density at radius 2 is 1.71 bits per heavy atom. The lowest BCUT2D eigenvalue weighted by Gasteiger charge is -2.20. The molecule has 3 heteroatoms. The first-order valence-electron chi connectivity index (χ1n) is 7.07. The van der Waals surface area contributed by atoms with E-state index in [2.05, 4.69) is 45.0 Å². The van der Waals surface area contributed by atoms with Gasteiger partial charge in [-0.2, -0.15) is 0 Å². The van der Waals surface area contributed by atoms with Gasteiger partial charge in [0.2, 0.25) is 0 Å². The van der Waals surface area contributed by atoms with Gasteiger partial charge in [0.05, 0.1) is 0 Å². The highest BCUT2D eigenvalue weighted by atomic mass is 35.5. The van der Waals surface area contributed by atoms with E-state index in [1.807, 2.05) is 0 Å². The molecule has 1 unspecified atom stereocenters. The molecule has 0 bridgehead atoms. The monoisotopic (exact) mass is 305 g/mol. The van der Waals surface area contributed by atoms with Crippen molar-refractivity contribution >= 4 is 11.6 Å². The molecule has 0 aromatic heterocycles. The molecule has 0 aliphatic rings. The molecule has 0 radical (unpaired) electrons. The summed E-state index contributed by atoms with van der Waals surface area (Å²) in [6, 6.07) is 12.6. The Labute approximate surface area is 130 Å². The Kier molecular flexibility index (Phi) is 4.70. The standard InChI is InChI=1S/C18H21ClFN/c1-18(2,3)13-6-4-12(5-7-13)10-17(21)15-9-8-14(19)11-16(15)20/h4-9,11,17H,10,21H2,1-3H3. The smallest absolute Gasteiger partial charge is 0.129 e. The fraction of sp³-hybridized carbons (Fsp3) is 0.333. The lowest BCUT2D eigenvalue weighted by atomic mass is 9.86. The molecule has 2 aromatic carbocycles.